The van der Waals surface area contributed by atoms with Gasteiger partial charge in [-0.25, -0.2) is 4.39 Å². The maximum absolute atomic E-state index is 13.7. The van der Waals surface area contributed by atoms with Gasteiger partial charge in [-0.3, -0.25) is 0 Å². The molecule has 0 spiro atoms. The average molecular weight is 267 g/mol. The van der Waals surface area contributed by atoms with Crippen LogP contribution in [0.3, 0.4) is 0 Å². The zero-order valence-electron chi connectivity index (χ0n) is 12.1. The molecule has 19 heavy (non-hydrogen) atoms. The third-order valence-corrected chi connectivity index (χ3v) is 3.29. The summed E-state index contributed by atoms with van der Waals surface area (Å²) >= 11 is 0. The van der Waals surface area contributed by atoms with Gasteiger partial charge in [0.2, 0.25) is 0 Å². The van der Waals surface area contributed by atoms with Crippen molar-refractivity contribution in [1.82, 2.24) is 5.32 Å². The fourth-order valence-electron chi connectivity index (χ4n) is 2.25. The highest BCUT2D eigenvalue weighted by Gasteiger charge is 2.11. The molecule has 0 saturated carbocycles. The molecular formula is C16H26FNO. The molecule has 108 valence electrons. The van der Waals surface area contributed by atoms with Gasteiger partial charge in [0.15, 0.2) is 0 Å². The number of halogens is 1. The summed E-state index contributed by atoms with van der Waals surface area (Å²) in [4.78, 5) is 0. The molecule has 1 aromatic carbocycles. The monoisotopic (exact) mass is 267 g/mol. The summed E-state index contributed by atoms with van der Waals surface area (Å²) in [6.07, 6.45) is 4.03. The maximum Gasteiger partial charge on any atom is 0.126 e. The predicted octanol–water partition coefficient (Wildman–Crippen LogP) is 3.41. The van der Waals surface area contributed by atoms with Gasteiger partial charge >= 0.3 is 0 Å². The van der Waals surface area contributed by atoms with E-state index >= 15 is 0 Å². The van der Waals surface area contributed by atoms with Crippen LogP contribution in [0.5, 0.6) is 0 Å². The Bertz CT molecular complexity index is 333. The Morgan fingerprint density at radius 1 is 1.32 bits per heavy atom. The summed E-state index contributed by atoms with van der Waals surface area (Å²) in [5.74, 6) is 0.383. The van der Waals surface area contributed by atoms with Gasteiger partial charge in [-0.2, -0.15) is 0 Å². The summed E-state index contributed by atoms with van der Waals surface area (Å²) < 4.78 is 18.8. The van der Waals surface area contributed by atoms with E-state index in [-0.39, 0.29) is 5.82 Å². The van der Waals surface area contributed by atoms with Crippen molar-refractivity contribution in [3.05, 3.63) is 35.6 Å². The minimum absolute atomic E-state index is 0.0882. The Labute approximate surface area is 116 Å². The van der Waals surface area contributed by atoms with E-state index < -0.39 is 0 Å². The molecule has 1 unspecified atom stereocenters. The Kier molecular flexibility index (Phi) is 8.43. The lowest BCUT2D eigenvalue weighted by Gasteiger charge is -2.18. The van der Waals surface area contributed by atoms with E-state index in [1.165, 1.54) is 0 Å². The Morgan fingerprint density at radius 2 is 2.11 bits per heavy atom. The van der Waals surface area contributed by atoms with Gasteiger partial charge in [-0.15, -0.1) is 0 Å². The molecule has 0 aliphatic rings. The van der Waals surface area contributed by atoms with Crippen molar-refractivity contribution in [2.24, 2.45) is 5.92 Å². The number of hydrogen-bond acceptors (Lipinski definition) is 2. The number of rotatable bonds is 10. The van der Waals surface area contributed by atoms with Crippen molar-refractivity contribution in [2.45, 2.75) is 32.6 Å². The van der Waals surface area contributed by atoms with Crippen LogP contribution in [0.25, 0.3) is 0 Å². The maximum atomic E-state index is 13.7. The van der Waals surface area contributed by atoms with Crippen LogP contribution in [-0.4, -0.2) is 26.8 Å². The van der Waals surface area contributed by atoms with Crippen LogP contribution < -0.4 is 5.32 Å². The lowest BCUT2D eigenvalue weighted by molar-refractivity contribution is 0.186. The molecule has 0 bridgehead atoms. The van der Waals surface area contributed by atoms with Crippen molar-refractivity contribution in [3.8, 4) is 0 Å². The summed E-state index contributed by atoms with van der Waals surface area (Å²) in [7, 11) is 1.72. The van der Waals surface area contributed by atoms with Gasteiger partial charge in [0.05, 0.1) is 0 Å². The molecule has 0 amide bonds. The molecule has 3 heteroatoms. The predicted molar refractivity (Wildman–Crippen MR) is 77.9 cm³/mol. The molecular weight excluding hydrogens is 241 g/mol. The van der Waals surface area contributed by atoms with Crippen molar-refractivity contribution < 1.29 is 9.13 Å². The van der Waals surface area contributed by atoms with Crippen molar-refractivity contribution in [3.63, 3.8) is 0 Å². The molecule has 2 nitrogen and oxygen atoms in total. The lowest BCUT2D eigenvalue weighted by atomic mass is 9.94. The number of hydrogen-bond donors (Lipinski definition) is 1. The van der Waals surface area contributed by atoms with Crippen LogP contribution >= 0.6 is 0 Å². The molecule has 1 atom stereocenters. The molecule has 1 N–H and O–H groups in total. The van der Waals surface area contributed by atoms with E-state index in [0.29, 0.717) is 5.92 Å². The van der Waals surface area contributed by atoms with Gasteiger partial charge in [0, 0.05) is 13.7 Å². The van der Waals surface area contributed by atoms with Crippen molar-refractivity contribution in [2.75, 3.05) is 26.8 Å². The summed E-state index contributed by atoms with van der Waals surface area (Å²) in [6.45, 7) is 4.91. The summed E-state index contributed by atoms with van der Waals surface area (Å²) in [5.41, 5.74) is 0.822. The molecule has 0 aliphatic heterocycles. The van der Waals surface area contributed by atoms with Crippen LogP contribution in [0.1, 0.15) is 31.7 Å². The van der Waals surface area contributed by atoms with Crippen LogP contribution in [0.15, 0.2) is 24.3 Å². The first-order valence-corrected chi connectivity index (χ1v) is 7.21. The van der Waals surface area contributed by atoms with Crippen molar-refractivity contribution >= 4 is 0 Å². The lowest BCUT2D eigenvalue weighted by Crippen LogP contribution is -2.25. The highest BCUT2D eigenvalue weighted by Crippen LogP contribution is 2.16. The van der Waals surface area contributed by atoms with Gasteiger partial charge in [-0.1, -0.05) is 25.1 Å². The first kappa shape index (κ1) is 16.1. The van der Waals surface area contributed by atoms with Crippen molar-refractivity contribution in [1.29, 1.82) is 0 Å². The molecule has 0 radical (unpaired) electrons. The molecule has 0 aliphatic carbocycles. The summed E-state index contributed by atoms with van der Waals surface area (Å²) in [6, 6.07) is 7.08. The van der Waals surface area contributed by atoms with Crippen LogP contribution in [-0.2, 0) is 11.2 Å². The van der Waals surface area contributed by atoms with E-state index in [4.69, 9.17) is 4.74 Å². The van der Waals surface area contributed by atoms with E-state index in [0.717, 1.165) is 50.9 Å². The number of ether oxygens (including phenoxy) is 1. The number of nitrogens with one attached hydrogen (secondary N) is 1. The standard InChI is InChI=1S/C16H26FNO/c1-3-10-18-13-14(7-6-11-19-2)12-15-8-4-5-9-16(15)17/h4-5,8-9,14,18H,3,6-7,10-13H2,1-2H3. The van der Waals surface area contributed by atoms with Gasteiger partial charge in [0.1, 0.15) is 5.82 Å². The van der Waals surface area contributed by atoms with E-state index in [2.05, 4.69) is 12.2 Å². The molecule has 0 aromatic heterocycles. The minimum atomic E-state index is -0.0882. The summed E-state index contributed by atoms with van der Waals surface area (Å²) in [5, 5.41) is 3.44. The average Bonchev–Trinajstić information content (AvgIpc) is 2.41. The Balaban J connectivity index is 2.49. The molecule has 1 aromatic rings. The smallest absolute Gasteiger partial charge is 0.126 e. The van der Waals surface area contributed by atoms with E-state index in [1.54, 1.807) is 19.2 Å². The second-order valence-electron chi connectivity index (χ2n) is 5.00. The van der Waals surface area contributed by atoms with Crippen LogP contribution in [0.2, 0.25) is 0 Å². The molecule has 0 saturated heterocycles. The Morgan fingerprint density at radius 3 is 2.79 bits per heavy atom. The first-order valence-electron chi connectivity index (χ1n) is 7.21. The van der Waals surface area contributed by atoms with Gasteiger partial charge < -0.3 is 10.1 Å². The highest BCUT2D eigenvalue weighted by atomic mass is 19.1. The minimum Gasteiger partial charge on any atom is -0.385 e. The van der Waals surface area contributed by atoms with E-state index in [1.807, 2.05) is 12.1 Å². The topological polar surface area (TPSA) is 21.3 Å². The highest BCUT2D eigenvalue weighted by molar-refractivity contribution is 5.17. The fourth-order valence-corrected chi connectivity index (χ4v) is 2.25. The number of benzene rings is 1. The van der Waals surface area contributed by atoms with Crippen LogP contribution in [0, 0.1) is 11.7 Å². The third-order valence-electron chi connectivity index (χ3n) is 3.29. The SMILES string of the molecule is CCCNCC(CCCOC)Cc1ccccc1F. The normalized spacial score (nSPS) is 12.6. The molecule has 0 heterocycles. The van der Waals surface area contributed by atoms with E-state index in [9.17, 15) is 4.39 Å². The number of methoxy groups -OCH3 is 1. The third kappa shape index (κ3) is 6.69. The Hall–Kier alpha value is -0.930. The largest absolute Gasteiger partial charge is 0.385 e. The molecule has 1 rings (SSSR count). The first-order chi connectivity index (χ1) is 9.27. The zero-order chi connectivity index (χ0) is 13.9. The zero-order valence-corrected chi connectivity index (χ0v) is 12.1. The van der Waals surface area contributed by atoms with Crippen LogP contribution in [0.4, 0.5) is 4.39 Å². The second-order valence-corrected chi connectivity index (χ2v) is 5.00. The fraction of sp³-hybridized carbons (Fsp3) is 0.625. The van der Waals surface area contributed by atoms with Gasteiger partial charge in [0.25, 0.3) is 0 Å². The van der Waals surface area contributed by atoms with Gasteiger partial charge in [-0.05, 0) is 56.3 Å². The second kappa shape index (κ2) is 9.93. The molecule has 0 fully saturated rings. The quantitative estimate of drug-likeness (QED) is 0.656.